The highest BCUT2D eigenvalue weighted by molar-refractivity contribution is 6.30. The third-order valence-electron chi connectivity index (χ3n) is 5.01. The van der Waals surface area contributed by atoms with Gasteiger partial charge in [0.1, 0.15) is 0 Å². The lowest BCUT2D eigenvalue weighted by molar-refractivity contribution is 0.0654. The Morgan fingerprint density at radius 3 is 2.84 bits per heavy atom. The average molecular weight is 358 g/mol. The van der Waals surface area contributed by atoms with E-state index in [1.54, 1.807) is 18.5 Å². The molecular formula is C18H20ClN5O. The number of fused-ring (bicyclic) bond motifs is 1. The minimum absolute atomic E-state index is 0.0932. The minimum Gasteiger partial charge on any atom is -0.399 e. The van der Waals surface area contributed by atoms with E-state index >= 15 is 0 Å². The van der Waals surface area contributed by atoms with Crippen LogP contribution in [0.25, 0.3) is 0 Å². The summed E-state index contributed by atoms with van der Waals surface area (Å²) in [6.45, 7) is 0.670. The van der Waals surface area contributed by atoms with Gasteiger partial charge in [0.05, 0.1) is 17.4 Å². The quantitative estimate of drug-likeness (QED) is 0.824. The fraction of sp³-hybridized carbons (Fsp3) is 0.389. The summed E-state index contributed by atoms with van der Waals surface area (Å²) >= 11 is 5.83. The molecule has 1 aliphatic carbocycles. The molecule has 3 N–H and O–H groups in total. The first-order valence-electron chi connectivity index (χ1n) is 8.53. The maximum Gasteiger partial charge on any atom is 0.254 e. The van der Waals surface area contributed by atoms with Gasteiger partial charge in [-0.1, -0.05) is 17.7 Å². The molecular weight excluding hydrogens is 338 g/mol. The van der Waals surface area contributed by atoms with Crippen LogP contribution >= 0.6 is 11.6 Å². The molecule has 0 saturated heterocycles. The number of halogens is 1. The lowest BCUT2D eigenvalue weighted by Crippen LogP contribution is -2.42. The number of nitrogen functional groups attached to an aromatic ring is 1. The van der Waals surface area contributed by atoms with Crippen molar-refractivity contribution >= 4 is 29.1 Å². The van der Waals surface area contributed by atoms with Gasteiger partial charge >= 0.3 is 0 Å². The third-order valence-corrected chi connectivity index (χ3v) is 5.20. The average Bonchev–Trinajstić information content (AvgIpc) is 2.94. The van der Waals surface area contributed by atoms with Crippen molar-refractivity contribution in [3.63, 3.8) is 0 Å². The summed E-state index contributed by atoms with van der Waals surface area (Å²) in [7, 11) is 0. The zero-order chi connectivity index (χ0) is 17.4. The van der Waals surface area contributed by atoms with Gasteiger partial charge in [-0.25, -0.2) is 9.97 Å². The molecule has 1 aromatic heterocycles. The Bertz CT molecular complexity index is 795. The number of benzene rings is 1. The summed E-state index contributed by atoms with van der Waals surface area (Å²) in [5, 5.41) is 3.89. The Hall–Kier alpha value is -2.34. The zero-order valence-electron chi connectivity index (χ0n) is 13.8. The lowest BCUT2D eigenvalue weighted by atomic mass is 9.90. The van der Waals surface area contributed by atoms with Gasteiger partial charge < -0.3 is 16.0 Å². The normalized spacial score (nSPS) is 22.8. The van der Waals surface area contributed by atoms with Gasteiger partial charge in [-0.2, -0.15) is 0 Å². The molecule has 1 aromatic carbocycles. The Morgan fingerprint density at radius 1 is 1.24 bits per heavy atom. The third kappa shape index (κ3) is 3.26. The van der Waals surface area contributed by atoms with Crippen LogP contribution in [0.1, 0.15) is 41.6 Å². The van der Waals surface area contributed by atoms with E-state index in [1.807, 2.05) is 17.0 Å². The van der Waals surface area contributed by atoms with Crippen LogP contribution in [0.5, 0.6) is 0 Å². The first-order valence-corrected chi connectivity index (χ1v) is 8.91. The number of rotatable bonds is 3. The van der Waals surface area contributed by atoms with E-state index in [4.69, 9.17) is 17.3 Å². The molecule has 4 rings (SSSR count). The molecule has 1 amide bonds. The van der Waals surface area contributed by atoms with Crippen molar-refractivity contribution in [2.45, 2.75) is 44.3 Å². The molecule has 2 atom stereocenters. The van der Waals surface area contributed by atoms with Crippen molar-refractivity contribution in [1.82, 2.24) is 14.9 Å². The zero-order valence-corrected chi connectivity index (χ0v) is 14.5. The smallest absolute Gasteiger partial charge is 0.254 e. The Kier molecular flexibility index (Phi) is 4.21. The fourth-order valence-corrected chi connectivity index (χ4v) is 3.88. The van der Waals surface area contributed by atoms with Crippen molar-refractivity contribution in [3.8, 4) is 0 Å². The summed E-state index contributed by atoms with van der Waals surface area (Å²) in [6, 6.07) is 6.08. The highest BCUT2D eigenvalue weighted by Crippen LogP contribution is 2.32. The minimum atomic E-state index is 0.0932. The lowest BCUT2D eigenvalue weighted by Gasteiger charge is -2.35. The predicted molar refractivity (Wildman–Crippen MR) is 97.4 cm³/mol. The van der Waals surface area contributed by atoms with Crippen LogP contribution in [0.3, 0.4) is 0 Å². The van der Waals surface area contributed by atoms with E-state index < -0.39 is 0 Å². The van der Waals surface area contributed by atoms with Crippen molar-refractivity contribution in [1.29, 1.82) is 0 Å². The molecule has 2 aromatic rings. The van der Waals surface area contributed by atoms with Gasteiger partial charge in [0.25, 0.3) is 5.91 Å². The summed E-state index contributed by atoms with van der Waals surface area (Å²) in [5.41, 5.74) is 8.28. The maximum absolute atomic E-state index is 12.8. The van der Waals surface area contributed by atoms with Gasteiger partial charge in [0.15, 0.2) is 0 Å². The van der Waals surface area contributed by atoms with Crippen LogP contribution in [0.2, 0.25) is 5.02 Å². The Labute approximate surface area is 151 Å². The monoisotopic (exact) mass is 357 g/mol. The van der Waals surface area contributed by atoms with Gasteiger partial charge in [0, 0.05) is 29.9 Å². The molecule has 1 saturated carbocycles. The van der Waals surface area contributed by atoms with Crippen molar-refractivity contribution in [2.24, 2.45) is 0 Å². The second kappa shape index (κ2) is 6.52. The largest absolute Gasteiger partial charge is 0.399 e. The number of hydrogen-bond donors (Lipinski definition) is 2. The van der Waals surface area contributed by atoms with E-state index in [0.29, 0.717) is 23.2 Å². The first-order chi connectivity index (χ1) is 12.1. The molecule has 25 heavy (non-hydrogen) atoms. The van der Waals surface area contributed by atoms with Crippen molar-refractivity contribution in [2.75, 3.05) is 11.1 Å². The number of amides is 1. The number of nitrogens with two attached hydrogens (primary N) is 1. The van der Waals surface area contributed by atoms with E-state index in [1.165, 1.54) is 0 Å². The number of aromatic nitrogens is 2. The molecule has 2 aliphatic rings. The second-order valence-electron chi connectivity index (χ2n) is 6.74. The van der Waals surface area contributed by atoms with E-state index in [2.05, 4.69) is 15.3 Å². The molecule has 1 fully saturated rings. The summed E-state index contributed by atoms with van der Waals surface area (Å²) in [4.78, 5) is 23.2. The summed E-state index contributed by atoms with van der Waals surface area (Å²) < 4.78 is 0. The molecule has 2 heterocycles. The molecule has 0 radical (unpaired) electrons. The van der Waals surface area contributed by atoms with Crippen LogP contribution in [0, 0.1) is 0 Å². The number of carbonyl (C=O) groups is 1. The molecule has 0 bridgehead atoms. The fourth-order valence-electron chi connectivity index (χ4n) is 3.78. The molecule has 1 aliphatic heterocycles. The number of nitrogens with one attached hydrogen (secondary N) is 1. The molecule has 0 spiro atoms. The Morgan fingerprint density at radius 2 is 2.04 bits per heavy atom. The highest BCUT2D eigenvalue weighted by atomic mass is 35.5. The van der Waals surface area contributed by atoms with Gasteiger partial charge in [-0.3, -0.25) is 4.79 Å². The second-order valence-corrected chi connectivity index (χ2v) is 7.17. The number of carbonyl (C=O) groups excluding carboxylic acids is 1. The van der Waals surface area contributed by atoms with Gasteiger partial charge in [-0.05, 0) is 43.4 Å². The van der Waals surface area contributed by atoms with Crippen molar-refractivity contribution in [3.05, 3.63) is 46.7 Å². The van der Waals surface area contributed by atoms with Crippen molar-refractivity contribution < 1.29 is 4.79 Å². The first kappa shape index (κ1) is 16.1. The Balaban J connectivity index is 1.45. The van der Waals surface area contributed by atoms with Gasteiger partial charge in [-0.15, -0.1) is 0 Å². The van der Waals surface area contributed by atoms with Crippen LogP contribution in [0.15, 0.2) is 30.6 Å². The predicted octanol–water partition coefficient (Wildman–Crippen LogP) is 3.09. The van der Waals surface area contributed by atoms with Crippen LogP contribution in [-0.2, 0) is 6.54 Å². The molecule has 0 unspecified atom stereocenters. The maximum atomic E-state index is 12.8. The SMILES string of the molecule is Nc1ccc2c(c1)C(=O)N([C@H]1CCC[C@@H](Nc3ncc(Cl)cn3)C1)C2. The van der Waals surface area contributed by atoms with Crippen LogP contribution in [0.4, 0.5) is 11.6 Å². The van der Waals surface area contributed by atoms with Gasteiger partial charge in [0.2, 0.25) is 5.95 Å². The van der Waals surface area contributed by atoms with Crippen LogP contribution < -0.4 is 11.1 Å². The highest BCUT2D eigenvalue weighted by Gasteiger charge is 2.35. The number of anilines is 2. The van der Waals surface area contributed by atoms with E-state index in [0.717, 1.165) is 36.8 Å². The molecule has 130 valence electrons. The van der Waals surface area contributed by atoms with E-state index in [9.17, 15) is 4.79 Å². The van der Waals surface area contributed by atoms with E-state index in [-0.39, 0.29) is 18.0 Å². The molecule has 6 nitrogen and oxygen atoms in total. The standard InChI is InChI=1S/C18H20ClN5O/c19-12-8-21-18(22-9-12)23-14-2-1-3-15(7-14)24-10-11-4-5-13(20)6-16(11)17(24)25/h4-6,8-9,14-15H,1-3,7,10,20H2,(H,21,22,23)/t14-,15+/m1/s1. The van der Waals surface area contributed by atoms with Crippen LogP contribution in [-0.4, -0.2) is 32.9 Å². The summed E-state index contributed by atoms with van der Waals surface area (Å²) in [5.74, 6) is 0.676. The number of nitrogens with zero attached hydrogens (tertiary/aromatic N) is 3. The topological polar surface area (TPSA) is 84.1 Å². The molecule has 7 heteroatoms. The summed E-state index contributed by atoms with van der Waals surface area (Å²) in [6.07, 6.45) is 7.20. The number of hydrogen-bond acceptors (Lipinski definition) is 5.